The van der Waals surface area contributed by atoms with E-state index in [1.54, 1.807) is 0 Å². The summed E-state index contributed by atoms with van der Waals surface area (Å²) >= 11 is 0. The molecule has 0 unspecified atom stereocenters. The van der Waals surface area contributed by atoms with Crippen LogP contribution in [0.1, 0.15) is 52.9 Å². The molecular formula is C20H30O6. The van der Waals surface area contributed by atoms with Crippen LogP contribution in [0.4, 0.5) is 0 Å². The highest BCUT2D eigenvalue weighted by Crippen LogP contribution is 2.68. The first-order valence-electron chi connectivity index (χ1n) is 9.73. The second kappa shape index (κ2) is 5.77. The Labute approximate surface area is 154 Å². The van der Waals surface area contributed by atoms with Gasteiger partial charge >= 0.3 is 5.97 Å². The summed E-state index contributed by atoms with van der Waals surface area (Å²) in [4.78, 5) is 11.4. The van der Waals surface area contributed by atoms with Gasteiger partial charge in [0.05, 0.1) is 12.7 Å². The normalized spacial score (nSPS) is 53.2. The smallest absolute Gasteiger partial charge is 0.333 e. The van der Waals surface area contributed by atoms with Crippen LogP contribution in [0.2, 0.25) is 0 Å². The maximum Gasteiger partial charge on any atom is 0.333 e. The van der Waals surface area contributed by atoms with Crippen molar-refractivity contribution < 1.29 is 29.6 Å². The third-order valence-electron chi connectivity index (χ3n) is 8.33. The molecule has 0 radical (unpaired) electrons. The molecule has 26 heavy (non-hydrogen) atoms. The highest BCUT2D eigenvalue weighted by atomic mass is 16.6. The minimum Gasteiger partial charge on any atom is -0.429 e. The predicted molar refractivity (Wildman–Crippen MR) is 92.8 cm³/mol. The Hall–Kier alpha value is -0.950. The molecule has 3 fully saturated rings. The van der Waals surface area contributed by atoms with E-state index in [9.17, 15) is 20.1 Å². The molecule has 0 aromatic carbocycles. The number of rotatable bonds is 3. The summed E-state index contributed by atoms with van der Waals surface area (Å²) in [5.41, 5.74) is -0.257. The fourth-order valence-corrected chi connectivity index (χ4v) is 6.20. The fourth-order valence-electron chi connectivity index (χ4n) is 6.20. The minimum absolute atomic E-state index is 0.0841. The highest BCUT2D eigenvalue weighted by Gasteiger charge is 2.73. The van der Waals surface area contributed by atoms with E-state index in [4.69, 9.17) is 9.47 Å². The number of fused-ring (bicyclic) bond motifs is 2. The number of hydrogen-bond acceptors (Lipinski definition) is 6. The Balaban J connectivity index is 1.62. The van der Waals surface area contributed by atoms with Crippen LogP contribution < -0.4 is 0 Å². The molecule has 1 spiro atoms. The second-order valence-corrected chi connectivity index (χ2v) is 9.35. The molecule has 0 aromatic heterocycles. The molecule has 2 aliphatic carbocycles. The first-order chi connectivity index (χ1) is 12.1. The van der Waals surface area contributed by atoms with Crippen molar-refractivity contribution in [1.82, 2.24) is 0 Å². The third kappa shape index (κ3) is 2.35. The van der Waals surface area contributed by atoms with Gasteiger partial charge in [0.25, 0.3) is 0 Å². The molecule has 6 nitrogen and oxygen atoms in total. The topological polar surface area (TPSA) is 99.5 Å². The number of ether oxygens (including phenoxy) is 2. The molecule has 1 saturated heterocycles. The van der Waals surface area contributed by atoms with Crippen LogP contribution in [0, 0.1) is 22.7 Å². The number of cyclic esters (lactones) is 1. The molecule has 146 valence electrons. The molecule has 4 rings (SSSR count). The predicted octanol–water partition coefficient (Wildman–Crippen LogP) is 1.52. The second-order valence-electron chi connectivity index (χ2n) is 9.35. The van der Waals surface area contributed by atoms with Gasteiger partial charge in [-0.15, -0.1) is 0 Å². The highest BCUT2D eigenvalue weighted by molar-refractivity contribution is 5.85. The molecule has 3 N–H and O–H groups in total. The minimum atomic E-state index is -1.13. The quantitative estimate of drug-likeness (QED) is 0.517. The van der Waals surface area contributed by atoms with E-state index in [2.05, 4.69) is 20.8 Å². The Morgan fingerprint density at radius 3 is 2.54 bits per heavy atom. The fraction of sp³-hybridized carbons (Fsp3) is 0.850. The van der Waals surface area contributed by atoms with Gasteiger partial charge in [-0.1, -0.05) is 20.8 Å². The summed E-state index contributed by atoms with van der Waals surface area (Å²) in [5, 5.41) is 31.0. The van der Waals surface area contributed by atoms with Gasteiger partial charge in [0.15, 0.2) is 0 Å². The zero-order valence-corrected chi connectivity index (χ0v) is 15.8. The average Bonchev–Trinajstić information content (AvgIpc) is 3.33. The molecular weight excluding hydrogens is 336 g/mol. The maximum absolute atomic E-state index is 11.4. The van der Waals surface area contributed by atoms with Crippen molar-refractivity contribution in [3.63, 3.8) is 0 Å². The van der Waals surface area contributed by atoms with Crippen LogP contribution >= 0.6 is 0 Å². The summed E-state index contributed by atoms with van der Waals surface area (Å²) in [7, 11) is 0. The summed E-state index contributed by atoms with van der Waals surface area (Å²) in [5.74, 6) is 0.158. The van der Waals surface area contributed by atoms with Crippen molar-refractivity contribution in [3.8, 4) is 0 Å². The standard InChI is InChI=1S/C20H30O6/c1-11-4-7-19(3)14(9-13(21)16(23)20(19)10-25-20)18(11,2)6-5-12-8-15(22)26-17(12)24/h8,11,13-14,16-17,21,23-24H,4-7,9-10H2,1-3H3/t11-,13+,14-,16+,17-,18+,19-,20-/m1/s1. The molecule has 2 saturated carbocycles. The van der Waals surface area contributed by atoms with Crippen LogP contribution in [0.25, 0.3) is 0 Å². The molecule has 0 amide bonds. The van der Waals surface area contributed by atoms with Gasteiger partial charge in [-0.05, 0) is 49.4 Å². The lowest BCUT2D eigenvalue weighted by Crippen LogP contribution is -2.65. The van der Waals surface area contributed by atoms with Gasteiger partial charge < -0.3 is 24.8 Å². The van der Waals surface area contributed by atoms with Gasteiger partial charge in [0.1, 0.15) is 11.7 Å². The first-order valence-corrected chi connectivity index (χ1v) is 9.73. The number of carbonyl (C=O) groups excluding carboxylic acids is 1. The summed E-state index contributed by atoms with van der Waals surface area (Å²) in [6.45, 7) is 7.22. The zero-order valence-electron chi connectivity index (χ0n) is 15.8. The molecule has 6 heteroatoms. The zero-order chi connectivity index (χ0) is 18.9. The van der Waals surface area contributed by atoms with Gasteiger partial charge in [0, 0.05) is 17.1 Å². The van der Waals surface area contributed by atoms with Crippen molar-refractivity contribution >= 4 is 5.97 Å². The lowest BCUT2D eigenvalue weighted by molar-refractivity contribution is -0.197. The molecule has 2 heterocycles. The van der Waals surface area contributed by atoms with E-state index in [1.807, 2.05) is 0 Å². The van der Waals surface area contributed by atoms with E-state index >= 15 is 0 Å². The number of aliphatic hydroxyl groups excluding tert-OH is 3. The lowest BCUT2D eigenvalue weighted by atomic mass is 9.43. The molecule has 4 aliphatic rings. The van der Waals surface area contributed by atoms with Crippen molar-refractivity contribution in [2.75, 3.05) is 6.61 Å². The Morgan fingerprint density at radius 2 is 1.96 bits per heavy atom. The van der Waals surface area contributed by atoms with Crippen LogP contribution in [0.5, 0.6) is 0 Å². The lowest BCUT2D eigenvalue weighted by Gasteiger charge is -2.61. The van der Waals surface area contributed by atoms with E-state index < -0.39 is 30.1 Å². The Bertz CT molecular complexity index is 640. The number of epoxide rings is 1. The van der Waals surface area contributed by atoms with Crippen LogP contribution in [0.15, 0.2) is 11.6 Å². The van der Waals surface area contributed by atoms with E-state index in [-0.39, 0.29) is 16.7 Å². The van der Waals surface area contributed by atoms with E-state index in [0.29, 0.717) is 30.9 Å². The Morgan fingerprint density at radius 1 is 1.27 bits per heavy atom. The summed E-state index contributed by atoms with van der Waals surface area (Å²) in [6, 6.07) is 0. The third-order valence-corrected chi connectivity index (χ3v) is 8.33. The summed E-state index contributed by atoms with van der Waals surface area (Å²) in [6.07, 6.45) is 2.62. The Kier molecular flexibility index (Phi) is 4.09. The van der Waals surface area contributed by atoms with Crippen molar-refractivity contribution in [1.29, 1.82) is 0 Å². The molecule has 0 aromatic rings. The first kappa shape index (κ1) is 18.4. The van der Waals surface area contributed by atoms with Gasteiger partial charge in [-0.25, -0.2) is 4.79 Å². The van der Waals surface area contributed by atoms with Gasteiger partial charge in [0.2, 0.25) is 6.29 Å². The van der Waals surface area contributed by atoms with Gasteiger partial charge in [-0.2, -0.15) is 0 Å². The average molecular weight is 366 g/mol. The molecule has 8 atom stereocenters. The van der Waals surface area contributed by atoms with Gasteiger partial charge in [-0.3, -0.25) is 0 Å². The molecule has 2 aliphatic heterocycles. The maximum atomic E-state index is 11.4. The summed E-state index contributed by atoms with van der Waals surface area (Å²) < 4.78 is 10.6. The monoisotopic (exact) mass is 366 g/mol. The van der Waals surface area contributed by atoms with Crippen molar-refractivity contribution in [2.45, 2.75) is 77.0 Å². The van der Waals surface area contributed by atoms with Crippen molar-refractivity contribution in [3.05, 3.63) is 11.6 Å². The van der Waals surface area contributed by atoms with Crippen LogP contribution in [-0.4, -0.2) is 52.0 Å². The largest absolute Gasteiger partial charge is 0.429 e. The van der Waals surface area contributed by atoms with Crippen LogP contribution in [-0.2, 0) is 14.3 Å². The van der Waals surface area contributed by atoms with Crippen LogP contribution in [0.3, 0.4) is 0 Å². The van der Waals surface area contributed by atoms with E-state index in [1.165, 1.54) is 6.08 Å². The SMILES string of the molecule is C[C@@H]1CC[C@]2(C)[C@H](C[C@H](O)[C@H](O)[C@]23CO3)[C@@]1(C)CCC1=CC(=O)O[C@H]1O. The number of esters is 1. The van der Waals surface area contributed by atoms with Crippen molar-refractivity contribution in [2.24, 2.45) is 22.7 Å². The van der Waals surface area contributed by atoms with E-state index in [0.717, 1.165) is 19.3 Å². The number of carbonyl (C=O) groups is 1. The molecule has 0 bridgehead atoms. The number of hydrogen-bond donors (Lipinski definition) is 3. The number of aliphatic hydroxyl groups is 3.